The first-order valence-electron chi connectivity index (χ1n) is 5.68. The van der Waals surface area contributed by atoms with Gasteiger partial charge in [-0.25, -0.2) is 0 Å². The zero-order valence-electron chi connectivity index (χ0n) is 10.3. The predicted octanol–water partition coefficient (Wildman–Crippen LogP) is 3.50. The molecule has 96 valence electrons. The van der Waals surface area contributed by atoms with Crippen LogP contribution in [0.15, 0.2) is 33.2 Å². The molecule has 2 N–H and O–H groups in total. The molecule has 3 nitrogen and oxygen atoms in total. The maximum atomic E-state index is 6.28. The lowest BCUT2D eigenvalue weighted by Crippen LogP contribution is -2.16. The molecule has 0 aliphatic heterocycles. The highest BCUT2D eigenvalue weighted by molar-refractivity contribution is 9.10. The van der Waals surface area contributed by atoms with Crippen LogP contribution in [0.25, 0.3) is 0 Å². The molecule has 2 aromatic rings. The highest BCUT2D eigenvalue weighted by atomic mass is 79.9. The number of nitrogens with two attached hydrogens (primary N) is 1. The Morgan fingerprint density at radius 1 is 1.33 bits per heavy atom. The highest BCUT2D eigenvalue weighted by Gasteiger charge is 2.16. The lowest BCUT2D eigenvalue weighted by Gasteiger charge is -2.14. The number of benzene rings is 1. The quantitative estimate of drug-likeness (QED) is 0.895. The molecular formula is C13H15Br2N3. The molecule has 1 aromatic heterocycles. The minimum atomic E-state index is -0.0494. The van der Waals surface area contributed by atoms with Crippen LogP contribution in [-0.4, -0.2) is 9.78 Å². The molecule has 2 rings (SSSR count). The van der Waals surface area contributed by atoms with Crippen molar-refractivity contribution < 1.29 is 0 Å². The SMILES string of the molecule is Cc1nn(C)c(CC(N)c2ccccc2Br)c1Br. The Bertz CT molecular complexity index is 563. The first-order valence-corrected chi connectivity index (χ1v) is 7.27. The van der Waals surface area contributed by atoms with Crippen LogP contribution in [0.4, 0.5) is 0 Å². The largest absolute Gasteiger partial charge is 0.324 e. The minimum absolute atomic E-state index is 0.0494. The molecule has 1 unspecified atom stereocenters. The summed E-state index contributed by atoms with van der Waals surface area (Å²) >= 11 is 7.11. The van der Waals surface area contributed by atoms with E-state index in [1.165, 1.54) is 0 Å². The smallest absolute Gasteiger partial charge is 0.0738 e. The summed E-state index contributed by atoms with van der Waals surface area (Å²) in [5, 5.41) is 4.38. The van der Waals surface area contributed by atoms with Gasteiger partial charge in [-0.1, -0.05) is 34.1 Å². The Morgan fingerprint density at radius 3 is 2.56 bits per heavy atom. The first-order chi connectivity index (χ1) is 8.50. The molecular weight excluding hydrogens is 358 g/mol. The average molecular weight is 373 g/mol. The molecule has 0 saturated carbocycles. The van der Waals surface area contributed by atoms with Crippen LogP contribution in [0.3, 0.4) is 0 Å². The monoisotopic (exact) mass is 371 g/mol. The van der Waals surface area contributed by atoms with E-state index in [0.717, 1.165) is 32.3 Å². The van der Waals surface area contributed by atoms with Crippen LogP contribution in [-0.2, 0) is 13.5 Å². The van der Waals surface area contributed by atoms with Crippen molar-refractivity contribution in [3.8, 4) is 0 Å². The van der Waals surface area contributed by atoms with E-state index in [2.05, 4.69) is 37.0 Å². The van der Waals surface area contributed by atoms with Crippen molar-refractivity contribution in [2.45, 2.75) is 19.4 Å². The fourth-order valence-electron chi connectivity index (χ4n) is 2.00. The van der Waals surface area contributed by atoms with Crippen LogP contribution >= 0.6 is 31.9 Å². The predicted molar refractivity (Wildman–Crippen MR) is 80.4 cm³/mol. The number of nitrogens with zero attached hydrogens (tertiary/aromatic N) is 2. The Hall–Kier alpha value is -0.650. The molecule has 0 saturated heterocycles. The fraction of sp³-hybridized carbons (Fsp3) is 0.308. The van der Waals surface area contributed by atoms with Gasteiger partial charge >= 0.3 is 0 Å². The van der Waals surface area contributed by atoms with Gasteiger partial charge < -0.3 is 5.73 Å². The summed E-state index contributed by atoms with van der Waals surface area (Å²) in [5.41, 5.74) is 9.51. The van der Waals surface area contributed by atoms with Gasteiger partial charge in [-0.2, -0.15) is 5.10 Å². The van der Waals surface area contributed by atoms with E-state index >= 15 is 0 Å². The maximum absolute atomic E-state index is 6.28. The van der Waals surface area contributed by atoms with E-state index < -0.39 is 0 Å². The third-order valence-electron chi connectivity index (χ3n) is 2.98. The lowest BCUT2D eigenvalue weighted by molar-refractivity contribution is 0.637. The van der Waals surface area contributed by atoms with Crippen molar-refractivity contribution in [2.75, 3.05) is 0 Å². The normalized spacial score (nSPS) is 12.7. The van der Waals surface area contributed by atoms with Crippen molar-refractivity contribution in [3.63, 3.8) is 0 Å². The molecule has 0 radical (unpaired) electrons. The molecule has 0 fully saturated rings. The van der Waals surface area contributed by atoms with Crippen molar-refractivity contribution in [1.82, 2.24) is 9.78 Å². The van der Waals surface area contributed by atoms with E-state index in [4.69, 9.17) is 5.73 Å². The molecule has 0 aliphatic rings. The lowest BCUT2D eigenvalue weighted by atomic mass is 10.0. The molecule has 1 heterocycles. The topological polar surface area (TPSA) is 43.8 Å². The molecule has 0 amide bonds. The Kier molecular flexibility index (Phi) is 4.25. The van der Waals surface area contributed by atoms with Crippen LogP contribution in [0.1, 0.15) is 23.0 Å². The van der Waals surface area contributed by atoms with Gasteiger partial charge in [-0.3, -0.25) is 4.68 Å². The molecule has 5 heteroatoms. The average Bonchev–Trinajstić information content (AvgIpc) is 2.56. The van der Waals surface area contributed by atoms with Crippen molar-refractivity contribution >= 4 is 31.9 Å². The van der Waals surface area contributed by atoms with Gasteiger partial charge in [0.2, 0.25) is 0 Å². The summed E-state index contributed by atoms with van der Waals surface area (Å²) in [6.07, 6.45) is 0.751. The molecule has 0 spiro atoms. The van der Waals surface area contributed by atoms with Gasteiger partial charge in [0.1, 0.15) is 0 Å². The Morgan fingerprint density at radius 2 is 2.00 bits per heavy atom. The summed E-state index contributed by atoms with van der Waals surface area (Å²) in [4.78, 5) is 0. The Labute approximate surface area is 124 Å². The van der Waals surface area contributed by atoms with Gasteiger partial charge in [0.25, 0.3) is 0 Å². The maximum Gasteiger partial charge on any atom is 0.0738 e. The third kappa shape index (κ3) is 2.68. The second kappa shape index (κ2) is 5.55. The number of hydrogen-bond donors (Lipinski definition) is 1. The van der Waals surface area contributed by atoms with Crippen molar-refractivity contribution in [1.29, 1.82) is 0 Å². The highest BCUT2D eigenvalue weighted by Crippen LogP contribution is 2.28. The van der Waals surface area contributed by atoms with Crippen LogP contribution in [0, 0.1) is 6.92 Å². The van der Waals surface area contributed by atoms with E-state index in [1.54, 1.807) is 0 Å². The summed E-state index contributed by atoms with van der Waals surface area (Å²) < 4.78 is 3.98. The van der Waals surface area contributed by atoms with Gasteiger partial charge in [0.15, 0.2) is 0 Å². The van der Waals surface area contributed by atoms with Crippen molar-refractivity contribution in [2.24, 2.45) is 12.8 Å². The second-order valence-electron chi connectivity index (χ2n) is 4.30. The minimum Gasteiger partial charge on any atom is -0.324 e. The van der Waals surface area contributed by atoms with Crippen LogP contribution < -0.4 is 5.73 Å². The van der Waals surface area contributed by atoms with E-state index in [0.29, 0.717) is 0 Å². The molecule has 1 aromatic carbocycles. The summed E-state index contributed by atoms with van der Waals surface area (Å²) in [5.74, 6) is 0. The summed E-state index contributed by atoms with van der Waals surface area (Å²) in [6.45, 7) is 1.98. The van der Waals surface area contributed by atoms with Gasteiger partial charge in [0, 0.05) is 24.0 Å². The first kappa shape index (κ1) is 13.8. The van der Waals surface area contributed by atoms with E-state index in [-0.39, 0.29) is 6.04 Å². The second-order valence-corrected chi connectivity index (χ2v) is 5.95. The van der Waals surface area contributed by atoms with Gasteiger partial charge in [0.05, 0.1) is 15.9 Å². The van der Waals surface area contributed by atoms with Crippen LogP contribution in [0.2, 0.25) is 0 Å². The third-order valence-corrected chi connectivity index (χ3v) is 4.73. The summed E-state index contributed by atoms with van der Waals surface area (Å²) in [6, 6.07) is 8.00. The number of aromatic nitrogens is 2. The van der Waals surface area contributed by atoms with Crippen molar-refractivity contribution in [3.05, 3.63) is 50.2 Å². The van der Waals surface area contributed by atoms with E-state index in [9.17, 15) is 0 Å². The standard InChI is InChI=1S/C13H15Br2N3/c1-8-13(15)12(18(2)17-8)7-11(16)9-5-3-4-6-10(9)14/h3-6,11H,7,16H2,1-2H3. The number of hydrogen-bond acceptors (Lipinski definition) is 2. The number of rotatable bonds is 3. The number of halogens is 2. The fourth-order valence-corrected chi connectivity index (χ4v) is 3.07. The molecule has 18 heavy (non-hydrogen) atoms. The Balaban J connectivity index is 2.27. The summed E-state index contributed by atoms with van der Waals surface area (Å²) in [7, 11) is 1.94. The number of aryl methyl sites for hydroxylation is 2. The van der Waals surface area contributed by atoms with Crippen LogP contribution in [0.5, 0.6) is 0 Å². The zero-order valence-corrected chi connectivity index (χ0v) is 13.5. The van der Waals surface area contributed by atoms with E-state index in [1.807, 2.05) is 42.9 Å². The van der Waals surface area contributed by atoms with Gasteiger partial charge in [-0.15, -0.1) is 0 Å². The molecule has 1 atom stereocenters. The molecule has 0 bridgehead atoms. The molecule has 0 aliphatic carbocycles. The zero-order chi connectivity index (χ0) is 13.3. The van der Waals surface area contributed by atoms with Gasteiger partial charge in [-0.05, 0) is 34.5 Å².